The van der Waals surface area contributed by atoms with Crippen molar-refractivity contribution in [2.24, 2.45) is 0 Å². The first kappa shape index (κ1) is 12.7. The molecule has 21 heavy (non-hydrogen) atoms. The van der Waals surface area contributed by atoms with Gasteiger partial charge in [-0.05, 0) is 25.0 Å². The van der Waals surface area contributed by atoms with Crippen molar-refractivity contribution >= 4 is 27.8 Å². The molecule has 1 fully saturated rings. The van der Waals surface area contributed by atoms with Crippen molar-refractivity contribution in [3.8, 4) is 0 Å². The molecule has 0 radical (unpaired) electrons. The topological polar surface area (TPSA) is 37.8 Å². The van der Waals surface area contributed by atoms with E-state index >= 15 is 0 Å². The standard InChI is InChI=1S/C16H14FN3S/c17-14-7-18-6-11-3-4-12(5-13(11)14)19-8-16-20-15(9-21-16)10-1-2-10/h3-7,9-10,19H,1-2,8H2. The zero-order chi connectivity index (χ0) is 14.2. The van der Waals surface area contributed by atoms with Gasteiger partial charge in [-0.2, -0.15) is 0 Å². The van der Waals surface area contributed by atoms with Gasteiger partial charge in [0.2, 0.25) is 0 Å². The molecule has 5 heteroatoms. The van der Waals surface area contributed by atoms with Crippen molar-refractivity contribution in [3.63, 3.8) is 0 Å². The maximum atomic E-state index is 13.7. The molecule has 0 spiro atoms. The van der Waals surface area contributed by atoms with Crippen molar-refractivity contribution in [2.75, 3.05) is 5.32 Å². The maximum Gasteiger partial charge on any atom is 0.149 e. The summed E-state index contributed by atoms with van der Waals surface area (Å²) in [5, 5.41) is 7.94. The molecule has 4 rings (SSSR count). The highest BCUT2D eigenvalue weighted by Gasteiger charge is 2.25. The Labute approximate surface area is 125 Å². The third-order valence-electron chi connectivity index (χ3n) is 3.72. The van der Waals surface area contributed by atoms with Gasteiger partial charge in [-0.3, -0.25) is 4.98 Å². The second kappa shape index (κ2) is 5.07. The van der Waals surface area contributed by atoms with Crippen LogP contribution in [-0.4, -0.2) is 9.97 Å². The lowest BCUT2D eigenvalue weighted by Gasteiger charge is -2.06. The molecule has 1 aliphatic carbocycles. The van der Waals surface area contributed by atoms with E-state index in [1.54, 1.807) is 17.5 Å². The number of hydrogen-bond donors (Lipinski definition) is 1. The van der Waals surface area contributed by atoms with Crippen LogP contribution in [0.3, 0.4) is 0 Å². The number of thiazole rings is 1. The van der Waals surface area contributed by atoms with Crippen LogP contribution in [0.4, 0.5) is 10.1 Å². The highest BCUT2D eigenvalue weighted by molar-refractivity contribution is 7.09. The van der Waals surface area contributed by atoms with E-state index in [0.717, 1.165) is 16.1 Å². The number of nitrogens with zero attached hydrogens (tertiary/aromatic N) is 2. The van der Waals surface area contributed by atoms with Crippen LogP contribution < -0.4 is 5.32 Å². The van der Waals surface area contributed by atoms with Gasteiger partial charge in [-0.25, -0.2) is 9.37 Å². The van der Waals surface area contributed by atoms with Gasteiger partial charge >= 0.3 is 0 Å². The van der Waals surface area contributed by atoms with E-state index in [1.807, 2.05) is 18.2 Å². The lowest BCUT2D eigenvalue weighted by atomic mass is 10.1. The van der Waals surface area contributed by atoms with Crippen LogP contribution in [0.1, 0.15) is 29.5 Å². The Bertz CT molecular complexity index is 795. The first-order valence-electron chi connectivity index (χ1n) is 7.01. The largest absolute Gasteiger partial charge is 0.379 e. The highest BCUT2D eigenvalue weighted by Crippen LogP contribution is 2.40. The van der Waals surface area contributed by atoms with E-state index in [4.69, 9.17) is 0 Å². The quantitative estimate of drug-likeness (QED) is 0.779. The molecular formula is C16H14FN3S. The van der Waals surface area contributed by atoms with Gasteiger partial charge in [0, 0.05) is 34.0 Å². The summed E-state index contributed by atoms with van der Waals surface area (Å²) in [6, 6.07) is 5.64. The summed E-state index contributed by atoms with van der Waals surface area (Å²) in [4.78, 5) is 8.50. The molecule has 2 aromatic heterocycles. The number of anilines is 1. The van der Waals surface area contributed by atoms with Gasteiger partial charge < -0.3 is 5.32 Å². The van der Waals surface area contributed by atoms with Crippen molar-refractivity contribution in [1.82, 2.24) is 9.97 Å². The minimum atomic E-state index is -0.290. The monoisotopic (exact) mass is 299 g/mol. The minimum Gasteiger partial charge on any atom is -0.379 e. The van der Waals surface area contributed by atoms with E-state index in [9.17, 15) is 4.39 Å². The Balaban J connectivity index is 1.52. The molecule has 1 N–H and O–H groups in total. The fraction of sp³-hybridized carbons (Fsp3) is 0.250. The summed E-state index contributed by atoms with van der Waals surface area (Å²) >= 11 is 1.69. The molecule has 1 saturated carbocycles. The number of nitrogens with one attached hydrogen (secondary N) is 1. The average molecular weight is 299 g/mol. The molecule has 2 heterocycles. The number of aromatic nitrogens is 2. The van der Waals surface area contributed by atoms with Gasteiger partial charge in [-0.1, -0.05) is 6.07 Å². The average Bonchev–Trinajstić information content (AvgIpc) is 3.25. The molecule has 1 aromatic carbocycles. The van der Waals surface area contributed by atoms with Crippen molar-refractivity contribution in [1.29, 1.82) is 0 Å². The molecule has 0 bridgehead atoms. The Hall–Kier alpha value is -2.01. The SMILES string of the molecule is Fc1cncc2ccc(NCc3nc(C4CC4)cs3)cc12. The van der Waals surface area contributed by atoms with Gasteiger partial charge in [0.25, 0.3) is 0 Å². The van der Waals surface area contributed by atoms with E-state index in [2.05, 4.69) is 20.7 Å². The number of fused-ring (bicyclic) bond motifs is 1. The predicted molar refractivity (Wildman–Crippen MR) is 83.1 cm³/mol. The molecule has 0 atom stereocenters. The smallest absolute Gasteiger partial charge is 0.149 e. The number of hydrogen-bond acceptors (Lipinski definition) is 4. The van der Waals surface area contributed by atoms with Crippen molar-refractivity contribution in [3.05, 3.63) is 52.5 Å². The highest BCUT2D eigenvalue weighted by atomic mass is 32.1. The molecular weight excluding hydrogens is 285 g/mol. The number of rotatable bonds is 4. The summed E-state index contributed by atoms with van der Waals surface area (Å²) < 4.78 is 13.7. The maximum absolute atomic E-state index is 13.7. The molecule has 1 aliphatic rings. The van der Waals surface area contributed by atoms with E-state index in [1.165, 1.54) is 24.7 Å². The number of benzene rings is 1. The van der Waals surface area contributed by atoms with Crippen LogP contribution >= 0.6 is 11.3 Å². The first-order valence-corrected chi connectivity index (χ1v) is 7.89. The fourth-order valence-corrected chi connectivity index (χ4v) is 3.20. The summed E-state index contributed by atoms with van der Waals surface area (Å²) in [6.45, 7) is 0.676. The Morgan fingerprint density at radius 3 is 3.05 bits per heavy atom. The van der Waals surface area contributed by atoms with Gasteiger partial charge in [-0.15, -0.1) is 11.3 Å². The number of pyridine rings is 1. The summed E-state index contributed by atoms with van der Waals surface area (Å²) in [6.07, 6.45) is 5.46. The normalized spacial score (nSPS) is 14.5. The Morgan fingerprint density at radius 2 is 2.19 bits per heavy atom. The van der Waals surface area contributed by atoms with Gasteiger partial charge in [0.05, 0.1) is 18.4 Å². The third kappa shape index (κ3) is 2.61. The fourth-order valence-electron chi connectivity index (χ4n) is 2.39. The lowest BCUT2D eigenvalue weighted by molar-refractivity contribution is 0.634. The summed E-state index contributed by atoms with van der Waals surface area (Å²) in [5.41, 5.74) is 2.13. The van der Waals surface area contributed by atoms with Gasteiger partial charge in [0.1, 0.15) is 10.8 Å². The summed E-state index contributed by atoms with van der Waals surface area (Å²) in [7, 11) is 0. The third-order valence-corrected chi connectivity index (χ3v) is 4.59. The van der Waals surface area contributed by atoms with Crippen LogP contribution in [0.25, 0.3) is 10.8 Å². The van der Waals surface area contributed by atoms with E-state index < -0.39 is 0 Å². The zero-order valence-electron chi connectivity index (χ0n) is 11.3. The minimum absolute atomic E-state index is 0.290. The first-order chi connectivity index (χ1) is 10.3. The molecule has 106 valence electrons. The molecule has 3 aromatic rings. The number of halogens is 1. The molecule has 3 nitrogen and oxygen atoms in total. The summed E-state index contributed by atoms with van der Waals surface area (Å²) in [5.74, 6) is 0.402. The Kier molecular flexibility index (Phi) is 3.07. The molecule has 0 amide bonds. The lowest BCUT2D eigenvalue weighted by Crippen LogP contribution is -1.99. The van der Waals surface area contributed by atoms with Crippen LogP contribution in [0.2, 0.25) is 0 Å². The van der Waals surface area contributed by atoms with Crippen LogP contribution in [0.5, 0.6) is 0 Å². The second-order valence-corrected chi connectivity index (χ2v) is 6.29. The molecule has 0 saturated heterocycles. The molecule has 0 unspecified atom stereocenters. The van der Waals surface area contributed by atoms with Crippen LogP contribution in [-0.2, 0) is 6.54 Å². The predicted octanol–water partition coefficient (Wildman–Crippen LogP) is 4.32. The van der Waals surface area contributed by atoms with Crippen molar-refractivity contribution < 1.29 is 4.39 Å². The second-order valence-electron chi connectivity index (χ2n) is 5.35. The molecule has 0 aliphatic heterocycles. The van der Waals surface area contributed by atoms with Crippen LogP contribution in [0, 0.1) is 5.82 Å². The zero-order valence-corrected chi connectivity index (χ0v) is 12.2. The van der Waals surface area contributed by atoms with Gasteiger partial charge in [0.15, 0.2) is 0 Å². The Morgan fingerprint density at radius 1 is 1.29 bits per heavy atom. The van der Waals surface area contributed by atoms with E-state index in [0.29, 0.717) is 17.8 Å². The van der Waals surface area contributed by atoms with Crippen molar-refractivity contribution in [2.45, 2.75) is 25.3 Å². The van der Waals surface area contributed by atoms with E-state index in [-0.39, 0.29) is 5.82 Å². The van der Waals surface area contributed by atoms with Crippen LogP contribution in [0.15, 0.2) is 36.0 Å².